The monoisotopic (exact) mass is 161 g/mol. The molecule has 0 radical (unpaired) electrons. The van der Waals surface area contributed by atoms with E-state index in [9.17, 15) is 0 Å². The zero-order valence-electron chi connectivity index (χ0n) is 7.67. The van der Waals surface area contributed by atoms with Gasteiger partial charge in [0, 0.05) is 7.11 Å². The van der Waals surface area contributed by atoms with Gasteiger partial charge >= 0.3 is 0 Å². The van der Waals surface area contributed by atoms with Gasteiger partial charge in [-0.05, 0) is 12.8 Å². The Kier molecular flexibility index (Phi) is 6.51. The molecule has 3 nitrogen and oxygen atoms in total. The molecule has 0 aromatic heterocycles. The van der Waals surface area contributed by atoms with Crippen molar-refractivity contribution < 1.29 is 9.47 Å². The molecule has 0 bridgehead atoms. The van der Waals surface area contributed by atoms with Gasteiger partial charge in [0.1, 0.15) is 6.23 Å². The molecule has 2 atom stereocenters. The number of rotatable bonds is 6. The Bertz CT molecular complexity index is 88.2. The summed E-state index contributed by atoms with van der Waals surface area (Å²) in [6.45, 7) is 4.69. The predicted molar refractivity (Wildman–Crippen MR) is 45.3 cm³/mol. The van der Waals surface area contributed by atoms with E-state index in [4.69, 9.17) is 15.2 Å². The number of methoxy groups -OCH3 is 1. The molecule has 0 spiro atoms. The molecule has 0 aliphatic carbocycles. The minimum absolute atomic E-state index is 0.143. The van der Waals surface area contributed by atoms with Gasteiger partial charge in [-0.2, -0.15) is 0 Å². The number of hydrogen-bond acceptors (Lipinski definition) is 3. The molecule has 68 valence electrons. The molecule has 0 heterocycles. The third-order valence-electron chi connectivity index (χ3n) is 1.58. The molecule has 2 unspecified atom stereocenters. The number of ether oxygens (including phenoxy) is 2. The van der Waals surface area contributed by atoms with E-state index < -0.39 is 0 Å². The molecule has 0 aliphatic heterocycles. The quantitative estimate of drug-likeness (QED) is 0.594. The zero-order valence-corrected chi connectivity index (χ0v) is 7.67. The molecule has 0 fully saturated rings. The van der Waals surface area contributed by atoms with E-state index in [2.05, 4.69) is 6.92 Å². The Balaban J connectivity index is 3.49. The molecule has 0 aliphatic rings. The fourth-order valence-electron chi connectivity index (χ4n) is 0.783. The molecular formula is C8H19NO2. The van der Waals surface area contributed by atoms with E-state index in [1.807, 2.05) is 6.92 Å². The lowest BCUT2D eigenvalue weighted by Gasteiger charge is -2.19. The summed E-state index contributed by atoms with van der Waals surface area (Å²) in [7, 11) is 1.67. The average molecular weight is 161 g/mol. The van der Waals surface area contributed by atoms with Crippen molar-refractivity contribution >= 4 is 0 Å². The highest BCUT2D eigenvalue weighted by molar-refractivity contribution is 4.55. The first-order valence-corrected chi connectivity index (χ1v) is 4.14. The van der Waals surface area contributed by atoms with E-state index in [1.54, 1.807) is 7.11 Å². The van der Waals surface area contributed by atoms with Gasteiger partial charge in [0.2, 0.25) is 0 Å². The maximum Gasteiger partial charge on any atom is 0.105 e. The lowest BCUT2D eigenvalue weighted by molar-refractivity contribution is -0.0481. The summed E-state index contributed by atoms with van der Waals surface area (Å²) in [6.07, 6.45) is 1.80. The summed E-state index contributed by atoms with van der Waals surface area (Å²) in [5.74, 6) is 0. The van der Waals surface area contributed by atoms with Crippen LogP contribution in [-0.2, 0) is 9.47 Å². The highest BCUT2D eigenvalue weighted by atomic mass is 16.5. The Morgan fingerprint density at radius 3 is 2.27 bits per heavy atom. The van der Waals surface area contributed by atoms with Crippen LogP contribution in [0.5, 0.6) is 0 Å². The van der Waals surface area contributed by atoms with Gasteiger partial charge in [0.05, 0.1) is 12.7 Å². The van der Waals surface area contributed by atoms with Gasteiger partial charge in [-0.25, -0.2) is 0 Å². The van der Waals surface area contributed by atoms with Crippen LogP contribution in [0.3, 0.4) is 0 Å². The van der Waals surface area contributed by atoms with Crippen molar-refractivity contribution in [1.82, 2.24) is 0 Å². The van der Waals surface area contributed by atoms with Crippen molar-refractivity contribution in [3.05, 3.63) is 0 Å². The Hall–Kier alpha value is -0.120. The second-order valence-corrected chi connectivity index (χ2v) is 2.57. The summed E-state index contributed by atoms with van der Waals surface area (Å²) in [5.41, 5.74) is 5.60. The first kappa shape index (κ1) is 10.9. The molecule has 0 saturated heterocycles. The normalized spacial score (nSPS) is 16.4. The number of nitrogens with two attached hydrogens (primary N) is 1. The van der Waals surface area contributed by atoms with Crippen LogP contribution in [0.2, 0.25) is 0 Å². The Morgan fingerprint density at radius 2 is 1.91 bits per heavy atom. The maximum atomic E-state index is 5.60. The minimum Gasteiger partial charge on any atom is -0.382 e. The van der Waals surface area contributed by atoms with Crippen molar-refractivity contribution in [1.29, 1.82) is 0 Å². The number of hydrogen-bond donors (Lipinski definition) is 1. The van der Waals surface area contributed by atoms with Gasteiger partial charge in [-0.15, -0.1) is 0 Å². The van der Waals surface area contributed by atoms with Crippen LogP contribution in [0, 0.1) is 0 Å². The topological polar surface area (TPSA) is 44.5 Å². The smallest absolute Gasteiger partial charge is 0.105 e. The second-order valence-electron chi connectivity index (χ2n) is 2.57. The molecule has 0 saturated carbocycles. The summed E-state index contributed by atoms with van der Waals surface area (Å²) >= 11 is 0. The van der Waals surface area contributed by atoms with E-state index in [0.29, 0.717) is 6.61 Å². The zero-order chi connectivity index (χ0) is 8.69. The van der Waals surface area contributed by atoms with Gasteiger partial charge < -0.3 is 15.2 Å². The summed E-state index contributed by atoms with van der Waals surface area (Å²) in [4.78, 5) is 0. The third-order valence-corrected chi connectivity index (χ3v) is 1.58. The SMILES string of the molecule is CCC(N)OC(CC)COC. The summed E-state index contributed by atoms with van der Waals surface area (Å²) in [5, 5.41) is 0. The van der Waals surface area contributed by atoms with Crippen LogP contribution in [0.15, 0.2) is 0 Å². The largest absolute Gasteiger partial charge is 0.382 e. The molecule has 0 rings (SSSR count). The van der Waals surface area contributed by atoms with Gasteiger partial charge in [-0.3, -0.25) is 0 Å². The molecule has 2 N–H and O–H groups in total. The maximum absolute atomic E-state index is 5.60. The van der Waals surface area contributed by atoms with E-state index >= 15 is 0 Å². The van der Waals surface area contributed by atoms with Gasteiger partial charge in [-0.1, -0.05) is 13.8 Å². The predicted octanol–water partition coefficient (Wildman–Crippen LogP) is 1.12. The molecule has 0 amide bonds. The lowest BCUT2D eigenvalue weighted by atomic mass is 10.3. The highest BCUT2D eigenvalue weighted by Gasteiger charge is 2.09. The first-order chi connectivity index (χ1) is 5.24. The van der Waals surface area contributed by atoms with Crippen LogP contribution in [0.25, 0.3) is 0 Å². The van der Waals surface area contributed by atoms with Crippen LogP contribution in [-0.4, -0.2) is 26.0 Å². The molecular weight excluding hydrogens is 142 g/mol. The fraction of sp³-hybridized carbons (Fsp3) is 1.00. The van der Waals surface area contributed by atoms with E-state index in [1.165, 1.54) is 0 Å². The summed E-state index contributed by atoms with van der Waals surface area (Å²) < 4.78 is 10.4. The van der Waals surface area contributed by atoms with Crippen LogP contribution >= 0.6 is 0 Å². The van der Waals surface area contributed by atoms with Crippen molar-refractivity contribution in [3.8, 4) is 0 Å². The average Bonchev–Trinajstić information content (AvgIpc) is 2.03. The van der Waals surface area contributed by atoms with E-state index in [0.717, 1.165) is 12.8 Å². The van der Waals surface area contributed by atoms with Crippen LogP contribution in [0.1, 0.15) is 26.7 Å². The molecule has 0 aromatic rings. The fourth-order valence-corrected chi connectivity index (χ4v) is 0.783. The van der Waals surface area contributed by atoms with Crippen LogP contribution < -0.4 is 5.73 Å². The molecule has 3 heteroatoms. The lowest BCUT2D eigenvalue weighted by Crippen LogP contribution is -2.31. The van der Waals surface area contributed by atoms with Crippen molar-refractivity contribution in [2.45, 2.75) is 39.0 Å². The minimum atomic E-state index is -0.143. The van der Waals surface area contributed by atoms with Crippen LogP contribution in [0.4, 0.5) is 0 Å². The van der Waals surface area contributed by atoms with Gasteiger partial charge in [0.25, 0.3) is 0 Å². The highest BCUT2D eigenvalue weighted by Crippen LogP contribution is 2.02. The molecule has 11 heavy (non-hydrogen) atoms. The van der Waals surface area contributed by atoms with E-state index in [-0.39, 0.29) is 12.3 Å². The van der Waals surface area contributed by atoms with Gasteiger partial charge in [0.15, 0.2) is 0 Å². The third kappa shape index (κ3) is 5.18. The standard InChI is InChI=1S/C8H19NO2/c1-4-7(6-10-3)11-8(9)5-2/h7-8H,4-6,9H2,1-3H3. The first-order valence-electron chi connectivity index (χ1n) is 4.14. The Morgan fingerprint density at radius 1 is 1.27 bits per heavy atom. The van der Waals surface area contributed by atoms with Crippen molar-refractivity contribution in [2.24, 2.45) is 5.73 Å². The second kappa shape index (κ2) is 6.58. The van der Waals surface area contributed by atoms with Crippen molar-refractivity contribution in [3.63, 3.8) is 0 Å². The Labute approximate surface area is 68.9 Å². The van der Waals surface area contributed by atoms with Crippen molar-refractivity contribution in [2.75, 3.05) is 13.7 Å². The summed E-state index contributed by atoms with van der Waals surface area (Å²) in [6, 6.07) is 0. The molecule has 0 aromatic carbocycles.